The molecule has 0 fully saturated rings. The molecule has 0 radical (unpaired) electrons. The van der Waals surface area contributed by atoms with E-state index in [1.165, 1.54) is 33.5 Å². The molecule has 2 N–H and O–H groups in total. The molecular weight excluding hydrogens is 292 g/mol. The van der Waals surface area contributed by atoms with E-state index in [1.54, 1.807) is 0 Å². The van der Waals surface area contributed by atoms with Crippen LogP contribution in [0.1, 0.15) is 49.1 Å². The largest absolute Gasteiger partial charge is 0.361 e. The first-order chi connectivity index (χ1) is 11.5. The smallest absolute Gasteiger partial charge is 0.0597 e. The summed E-state index contributed by atoms with van der Waals surface area (Å²) in [5.41, 5.74) is 8.17. The molecule has 2 heterocycles. The average Bonchev–Trinajstić information content (AvgIpc) is 3.16. The van der Waals surface area contributed by atoms with E-state index >= 15 is 0 Å². The van der Waals surface area contributed by atoms with E-state index in [4.69, 9.17) is 0 Å². The van der Waals surface area contributed by atoms with E-state index in [0.717, 1.165) is 6.54 Å². The average molecular weight is 316 g/mol. The highest BCUT2D eigenvalue weighted by molar-refractivity contribution is 5.67. The van der Waals surface area contributed by atoms with Gasteiger partial charge in [-0.25, -0.2) is 0 Å². The second-order valence-corrected chi connectivity index (χ2v) is 7.65. The normalized spacial score (nSPS) is 17.0. The van der Waals surface area contributed by atoms with E-state index in [-0.39, 0.29) is 11.5 Å². The van der Waals surface area contributed by atoms with Gasteiger partial charge in [0.1, 0.15) is 0 Å². The summed E-state index contributed by atoms with van der Waals surface area (Å²) in [6.45, 7) is 7.68. The highest BCUT2D eigenvalue weighted by Crippen LogP contribution is 2.37. The topological polar surface area (TPSA) is 27.8 Å². The summed E-state index contributed by atoms with van der Waals surface area (Å²) in [6, 6.07) is 19.9. The second-order valence-electron chi connectivity index (χ2n) is 7.65. The van der Waals surface area contributed by atoms with Crippen LogP contribution in [0.2, 0.25) is 0 Å². The first kappa shape index (κ1) is 15.2. The van der Waals surface area contributed by atoms with Crippen LogP contribution in [0.25, 0.3) is 11.3 Å². The zero-order valence-corrected chi connectivity index (χ0v) is 14.6. The Morgan fingerprint density at radius 3 is 2.29 bits per heavy atom. The maximum Gasteiger partial charge on any atom is 0.0597 e. The highest BCUT2D eigenvalue weighted by atomic mass is 15.0. The summed E-state index contributed by atoms with van der Waals surface area (Å²) in [7, 11) is 0. The van der Waals surface area contributed by atoms with Crippen LogP contribution in [0.3, 0.4) is 0 Å². The number of hydrogen-bond donors (Lipinski definition) is 2. The first-order valence-electron chi connectivity index (χ1n) is 8.63. The number of rotatable bonds is 2. The molecule has 1 aromatic heterocycles. The standard InChI is InChI=1S/C22H24N2/c1-22(2,3)17-11-9-16(10-12-17)21-19-14-23-20(18(19)13-24-21)15-7-5-4-6-8-15/h4-12,14,21,23-24H,13H2,1-3H3. The van der Waals surface area contributed by atoms with Gasteiger partial charge in [-0.15, -0.1) is 0 Å². The minimum atomic E-state index is 0.196. The lowest BCUT2D eigenvalue weighted by Gasteiger charge is -2.20. The summed E-state index contributed by atoms with van der Waals surface area (Å²) in [6.07, 6.45) is 2.17. The van der Waals surface area contributed by atoms with Crippen molar-refractivity contribution in [2.24, 2.45) is 0 Å². The second kappa shape index (κ2) is 5.64. The van der Waals surface area contributed by atoms with E-state index in [1.807, 2.05) is 0 Å². The van der Waals surface area contributed by atoms with Crippen molar-refractivity contribution in [3.05, 3.63) is 83.0 Å². The molecule has 0 amide bonds. The predicted molar refractivity (Wildman–Crippen MR) is 100 cm³/mol. The SMILES string of the molecule is CC(C)(C)c1ccc(C2NCc3c2c[nH]c3-c2ccccc2)cc1. The third kappa shape index (κ3) is 2.57. The van der Waals surface area contributed by atoms with Crippen molar-refractivity contribution in [2.45, 2.75) is 38.8 Å². The molecule has 3 aromatic rings. The number of aromatic amines is 1. The minimum Gasteiger partial charge on any atom is -0.361 e. The van der Waals surface area contributed by atoms with Crippen molar-refractivity contribution in [3.63, 3.8) is 0 Å². The molecular formula is C22H24N2. The van der Waals surface area contributed by atoms with Gasteiger partial charge in [0.2, 0.25) is 0 Å². The molecule has 2 heteroatoms. The van der Waals surface area contributed by atoms with Gasteiger partial charge in [0.25, 0.3) is 0 Å². The van der Waals surface area contributed by atoms with Crippen LogP contribution in [-0.4, -0.2) is 4.98 Å². The monoisotopic (exact) mass is 316 g/mol. The van der Waals surface area contributed by atoms with Crippen molar-refractivity contribution in [1.29, 1.82) is 0 Å². The number of fused-ring (bicyclic) bond motifs is 1. The van der Waals surface area contributed by atoms with Crippen molar-refractivity contribution < 1.29 is 0 Å². The van der Waals surface area contributed by atoms with Gasteiger partial charge in [0.15, 0.2) is 0 Å². The predicted octanol–water partition coefficient (Wildman–Crippen LogP) is 5.17. The third-order valence-electron chi connectivity index (χ3n) is 4.99. The Labute approximate surface area is 143 Å². The maximum absolute atomic E-state index is 3.67. The Bertz CT molecular complexity index is 836. The van der Waals surface area contributed by atoms with E-state index in [2.05, 4.69) is 91.9 Å². The van der Waals surface area contributed by atoms with E-state index in [0.29, 0.717) is 0 Å². The first-order valence-corrected chi connectivity index (χ1v) is 8.63. The Kier molecular flexibility index (Phi) is 3.58. The van der Waals surface area contributed by atoms with Gasteiger partial charge in [-0.05, 0) is 33.2 Å². The van der Waals surface area contributed by atoms with Gasteiger partial charge in [0.05, 0.1) is 11.7 Å². The van der Waals surface area contributed by atoms with Gasteiger partial charge < -0.3 is 10.3 Å². The number of aromatic nitrogens is 1. The van der Waals surface area contributed by atoms with Crippen LogP contribution < -0.4 is 5.32 Å². The fourth-order valence-electron chi connectivity index (χ4n) is 3.57. The van der Waals surface area contributed by atoms with Crippen LogP contribution in [0.5, 0.6) is 0 Å². The molecule has 0 aliphatic carbocycles. The Morgan fingerprint density at radius 2 is 1.62 bits per heavy atom. The van der Waals surface area contributed by atoms with E-state index < -0.39 is 0 Å². The van der Waals surface area contributed by atoms with Crippen LogP contribution in [0, 0.1) is 0 Å². The van der Waals surface area contributed by atoms with Crippen molar-refractivity contribution in [3.8, 4) is 11.3 Å². The quantitative estimate of drug-likeness (QED) is 0.670. The van der Waals surface area contributed by atoms with E-state index in [9.17, 15) is 0 Å². The van der Waals surface area contributed by atoms with Gasteiger partial charge >= 0.3 is 0 Å². The van der Waals surface area contributed by atoms with Gasteiger partial charge in [-0.3, -0.25) is 0 Å². The van der Waals surface area contributed by atoms with Crippen molar-refractivity contribution in [1.82, 2.24) is 10.3 Å². The van der Waals surface area contributed by atoms with Crippen LogP contribution in [0.4, 0.5) is 0 Å². The number of hydrogen-bond acceptors (Lipinski definition) is 1. The molecule has 0 saturated carbocycles. The Morgan fingerprint density at radius 1 is 0.917 bits per heavy atom. The zero-order valence-electron chi connectivity index (χ0n) is 14.6. The van der Waals surface area contributed by atoms with Crippen molar-refractivity contribution >= 4 is 0 Å². The zero-order chi connectivity index (χ0) is 16.7. The molecule has 0 saturated heterocycles. The summed E-state index contributed by atoms with van der Waals surface area (Å²) in [5.74, 6) is 0. The van der Waals surface area contributed by atoms with Crippen LogP contribution in [-0.2, 0) is 12.0 Å². The maximum atomic E-state index is 3.67. The summed E-state index contributed by atoms with van der Waals surface area (Å²) < 4.78 is 0. The molecule has 24 heavy (non-hydrogen) atoms. The Balaban J connectivity index is 1.67. The molecule has 0 spiro atoms. The lowest BCUT2D eigenvalue weighted by Crippen LogP contribution is -2.15. The van der Waals surface area contributed by atoms with Gasteiger partial charge in [-0.2, -0.15) is 0 Å². The number of benzene rings is 2. The lowest BCUT2D eigenvalue weighted by atomic mass is 9.86. The molecule has 122 valence electrons. The summed E-state index contributed by atoms with van der Waals surface area (Å²) in [5, 5.41) is 3.67. The van der Waals surface area contributed by atoms with Crippen LogP contribution >= 0.6 is 0 Å². The van der Waals surface area contributed by atoms with Gasteiger partial charge in [-0.1, -0.05) is 75.4 Å². The summed E-state index contributed by atoms with van der Waals surface area (Å²) in [4.78, 5) is 3.49. The number of H-pyrrole nitrogens is 1. The molecule has 1 aliphatic rings. The minimum absolute atomic E-state index is 0.196. The molecule has 4 rings (SSSR count). The fraction of sp³-hybridized carbons (Fsp3) is 0.273. The molecule has 1 unspecified atom stereocenters. The molecule has 1 aliphatic heterocycles. The molecule has 0 bridgehead atoms. The van der Waals surface area contributed by atoms with Gasteiger partial charge in [0, 0.05) is 12.7 Å². The number of nitrogens with one attached hydrogen (secondary N) is 2. The molecule has 2 nitrogen and oxygen atoms in total. The Hall–Kier alpha value is -2.32. The molecule has 2 aromatic carbocycles. The third-order valence-corrected chi connectivity index (χ3v) is 4.99. The molecule has 1 atom stereocenters. The fourth-order valence-corrected chi connectivity index (χ4v) is 3.57. The van der Waals surface area contributed by atoms with Crippen molar-refractivity contribution in [2.75, 3.05) is 0 Å². The lowest BCUT2D eigenvalue weighted by molar-refractivity contribution is 0.589. The van der Waals surface area contributed by atoms with Crippen LogP contribution in [0.15, 0.2) is 60.8 Å². The highest BCUT2D eigenvalue weighted by Gasteiger charge is 2.27. The summed E-state index contributed by atoms with van der Waals surface area (Å²) >= 11 is 0.